The Morgan fingerprint density at radius 1 is 1.53 bits per heavy atom. The van der Waals surface area contributed by atoms with Crippen LogP contribution in [0.25, 0.3) is 5.69 Å². The number of benzene rings is 1. The van der Waals surface area contributed by atoms with Gasteiger partial charge in [-0.3, -0.25) is 0 Å². The quantitative estimate of drug-likeness (QED) is 0.784. The third-order valence-corrected chi connectivity index (χ3v) is 2.26. The SMILES string of the molecule is CCOC(=O)c1ncn(-c2cccc(Cl)c2)n1. The lowest BCUT2D eigenvalue weighted by atomic mass is 10.3. The van der Waals surface area contributed by atoms with Crippen molar-refractivity contribution in [3.05, 3.63) is 41.4 Å². The lowest BCUT2D eigenvalue weighted by Crippen LogP contribution is -2.07. The maximum atomic E-state index is 11.4. The molecule has 0 aliphatic rings. The number of nitrogens with zero attached hydrogens (tertiary/aromatic N) is 3. The number of esters is 1. The molecule has 1 heterocycles. The molecular weight excluding hydrogens is 242 g/mol. The highest BCUT2D eigenvalue weighted by atomic mass is 35.5. The first kappa shape index (κ1) is 11.6. The van der Waals surface area contributed by atoms with E-state index in [-0.39, 0.29) is 5.82 Å². The van der Waals surface area contributed by atoms with E-state index in [9.17, 15) is 4.79 Å². The summed E-state index contributed by atoms with van der Waals surface area (Å²) in [5.41, 5.74) is 0.737. The third-order valence-electron chi connectivity index (χ3n) is 2.02. The smallest absolute Gasteiger partial charge is 0.378 e. The summed E-state index contributed by atoms with van der Waals surface area (Å²) in [6.07, 6.45) is 1.44. The lowest BCUT2D eigenvalue weighted by Gasteiger charge is -1.99. The van der Waals surface area contributed by atoms with E-state index >= 15 is 0 Å². The van der Waals surface area contributed by atoms with Crippen LogP contribution in [-0.4, -0.2) is 27.3 Å². The van der Waals surface area contributed by atoms with Gasteiger partial charge in [-0.1, -0.05) is 17.7 Å². The molecule has 0 aliphatic carbocycles. The van der Waals surface area contributed by atoms with Crippen molar-refractivity contribution in [1.29, 1.82) is 0 Å². The van der Waals surface area contributed by atoms with E-state index in [2.05, 4.69) is 10.1 Å². The Hall–Kier alpha value is -1.88. The van der Waals surface area contributed by atoms with E-state index in [1.807, 2.05) is 6.07 Å². The fourth-order valence-electron chi connectivity index (χ4n) is 1.30. The predicted molar refractivity (Wildman–Crippen MR) is 62.3 cm³/mol. The zero-order chi connectivity index (χ0) is 12.3. The minimum Gasteiger partial charge on any atom is -0.460 e. The molecule has 0 bridgehead atoms. The van der Waals surface area contributed by atoms with Crippen LogP contribution in [0.4, 0.5) is 0 Å². The van der Waals surface area contributed by atoms with Gasteiger partial charge in [0.25, 0.3) is 5.82 Å². The maximum absolute atomic E-state index is 11.4. The van der Waals surface area contributed by atoms with Crippen LogP contribution in [0.5, 0.6) is 0 Å². The Bertz CT molecular complexity index is 539. The van der Waals surface area contributed by atoms with Gasteiger partial charge >= 0.3 is 5.97 Å². The van der Waals surface area contributed by atoms with Gasteiger partial charge in [0.15, 0.2) is 0 Å². The van der Waals surface area contributed by atoms with Crippen molar-refractivity contribution in [3.63, 3.8) is 0 Å². The van der Waals surface area contributed by atoms with E-state index in [0.717, 1.165) is 5.69 Å². The first-order valence-electron chi connectivity index (χ1n) is 5.05. The fraction of sp³-hybridized carbons (Fsp3) is 0.182. The fourth-order valence-corrected chi connectivity index (χ4v) is 1.48. The van der Waals surface area contributed by atoms with Gasteiger partial charge in [-0.25, -0.2) is 14.5 Å². The van der Waals surface area contributed by atoms with Crippen molar-refractivity contribution in [2.75, 3.05) is 6.61 Å². The average molecular weight is 252 g/mol. The van der Waals surface area contributed by atoms with Crippen molar-refractivity contribution in [1.82, 2.24) is 14.8 Å². The van der Waals surface area contributed by atoms with Gasteiger partial charge in [0.1, 0.15) is 6.33 Å². The standard InChI is InChI=1S/C11H10ClN3O2/c1-2-17-11(16)10-13-7-15(14-10)9-5-3-4-8(12)6-9/h3-7H,2H2,1H3. The summed E-state index contributed by atoms with van der Waals surface area (Å²) in [6.45, 7) is 2.02. The summed E-state index contributed by atoms with van der Waals surface area (Å²) in [5, 5.41) is 4.61. The Kier molecular flexibility index (Phi) is 3.39. The number of carbonyl (C=O) groups is 1. The number of ether oxygens (including phenoxy) is 1. The van der Waals surface area contributed by atoms with Crippen LogP contribution in [-0.2, 0) is 4.74 Å². The number of carbonyl (C=O) groups excluding carboxylic acids is 1. The van der Waals surface area contributed by atoms with Crippen LogP contribution in [0.2, 0.25) is 5.02 Å². The zero-order valence-electron chi connectivity index (χ0n) is 9.13. The monoisotopic (exact) mass is 251 g/mol. The van der Waals surface area contributed by atoms with Crippen LogP contribution >= 0.6 is 11.6 Å². The van der Waals surface area contributed by atoms with Crippen molar-refractivity contribution in [2.24, 2.45) is 0 Å². The van der Waals surface area contributed by atoms with Gasteiger partial charge in [-0.2, -0.15) is 0 Å². The topological polar surface area (TPSA) is 57.0 Å². The van der Waals surface area contributed by atoms with Gasteiger partial charge in [0.05, 0.1) is 12.3 Å². The van der Waals surface area contributed by atoms with Gasteiger partial charge in [-0.15, -0.1) is 5.10 Å². The van der Waals surface area contributed by atoms with Crippen LogP contribution in [0.1, 0.15) is 17.5 Å². The molecule has 5 nitrogen and oxygen atoms in total. The summed E-state index contributed by atoms with van der Waals surface area (Å²) in [5.74, 6) is -0.500. The van der Waals surface area contributed by atoms with Crippen molar-refractivity contribution >= 4 is 17.6 Å². The molecular formula is C11H10ClN3O2. The maximum Gasteiger partial charge on any atom is 0.378 e. The molecule has 17 heavy (non-hydrogen) atoms. The highest BCUT2D eigenvalue weighted by molar-refractivity contribution is 6.30. The van der Waals surface area contributed by atoms with E-state index in [0.29, 0.717) is 11.6 Å². The molecule has 2 aromatic rings. The molecule has 88 valence electrons. The second kappa shape index (κ2) is 4.97. The molecule has 0 radical (unpaired) electrons. The molecule has 0 saturated carbocycles. The van der Waals surface area contributed by atoms with Gasteiger partial charge in [-0.05, 0) is 25.1 Å². The van der Waals surface area contributed by atoms with Crippen molar-refractivity contribution < 1.29 is 9.53 Å². The normalized spacial score (nSPS) is 10.2. The average Bonchev–Trinajstić information content (AvgIpc) is 2.78. The van der Waals surface area contributed by atoms with Gasteiger partial charge < -0.3 is 4.74 Å². The Balaban J connectivity index is 2.27. The molecule has 6 heteroatoms. The van der Waals surface area contributed by atoms with Crippen LogP contribution in [0.3, 0.4) is 0 Å². The molecule has 2 rings (SSSR count). The van der Waals surface area contributed by atoms with E-state index in [4.69, 9.17) is 16.3 Å². The van der Waals surface area contributed by atoms with E-state index in [1.165, 1.54) is 11.0 Å². The number of hydrogen-bond acceptors (Lipinski definition) is 4. The van der Waals surface area contributed by atoms with Crippen molar-refractivity contribution in [3.8, 4) is 5.69 Å². The van der Waals surface area contributed by atoms with E-state index < -0.39 is 5.97 Å². The number of hydrogen-bond donors (Lipinski definition) is 0. The minimum absolute atomic E-state index is 0.0341. The summed E-state index contributed by atoms with van der Waals surface area (Å²) in [7, 11) is 0. The summed E-state index contributed by atoms with van der Waals surface area (Å²) in [4.78, 5) is 15.2. The zero-order valence-corrected chi connectivity index (χ0v) is 9.89. The second-order valence-corrected chi connectivity index (χ2v) is 3.65. The minimum atomic E-state index is -0.534. The van der Waals surface area contributed by atoms with Crippen LogP contribution in [0, 0.1) is 0 Å². The number of rotatable bonds is 3. The summed E-state index contributed by atoms with van der Waals surface area (Å²) < 4.78 is 6.27. The largest absolute Gasteiger partial charge is 0.460 e. The molecule has 0 amide bonds. The molecule has 1 aromatic carbocycles. The predicted octanol–water partition coefficient (Wildman–Crippen LogP) is 2.10. The van der Waals surface area contributed by atoms with Gasteiger partial charge in [0.2, 0.25) is 0 Å². The first-order chi connectivity index (χ1) is 8.20. The Morgan fingerprint density at radius 2 is 2.35 bits per heavy atom. The molecule has 0 aliphatic heterocycles. The third kappa shape index (κ3) is 2.62. The van der Waals surface area contributed by atoms with E-state index in [1.54, 1.807) is 25.1 Å². The molecule has 0 atom stereocenters. The highest BCUT2D eigenvalue weighted by Crippen LogP contribution is 2.13. The molecule has 0 N–H and O–H groups in total. The molecule has 1 aromatic heterocycles. The number of halogens is 1. The highest BCUT2D eigenvalue weighted by Gasteiger charge is 2.12. The Labute approximate surface area is 103 Å². The Morgan fingerprint density at radius 3 is 3.06 bits per heavy atom. The van der Waals surface area contributed by atoms with Crippen LogP contribution in [0.15, 0.2) is 30.6 Å². The first-order valence-corrected chi connectivity index (χ1v) is 5.43. The molecule has 0 saturated heterocycles. The summed E-state index contributed by atoms with van der Waals surface area (Å²) in [6, 6.07) is 7.10. The number of aromatic nitrogens is 3. The van der Waals surface area contributed by atoms with Crippen LogP contribution < -0.4 is 0 Å². The molecule has 0 unspecified atom stereocenters. The molecule has 0 fully saturated rings. The second-order valence-electron chi connectivity index (χ2n) is 3.21. The summed E-state index contributed by atoms with van der Waals surface area (Å²) >= 11 is 5.86. The van der Waals surface area contributed by atoms with Crippen molar-refractivity contribution in [2.45, 2.75) is 6.92 Å². The lowest BCUT2D eigenvalue weighted by molar-refractivity contribution is 0.0512. The molecule has 0 spiro atoms. The van der Waals surface area contributed by atoms with Gasteiger partial charge in [0, 0.05) is 5.02 Å².